The van der Waals surface area contributed by atoms with Crippen LogP contribution in [-0.2, 0) is 0 Å². The number of anilines is 1. The molecule has 1 aliphatic heterocycles. The van der Waals surface area contributed by atoms with Gasteiger partial charge >= 0.3 is 6.03 Å². The van der Waals surface area contributed by atoms with Gasteiger partial charge in [-0.15, -0.1) is 0 Å². The molecule has 0 spiro atoms. The summed E-state index contributed by atoms with van der Waals surface area (Å²) in [6.45, 7) is 5.61. The summed E-state index contributed by atoms with van der Waals surface area (Å²) in [4.78, 5) is 18.5. The maximum atomic E-state index is 12.4. The molecule has 0 saturated carbocycles. The number of likely N-dealkylation sites (tertiary alicyclic amines) is 1. The van der Waals surface area contributed by atoms with Gasteiger partial charge in [0.25, 0.3) is 0 Å². The number of nitrogens with one attached hydrogen (secondary N) is 1. The number of aryl methyl sites for hydroxylation is 1. The highest BCUT2D eigenvalue weighted by molar-refractivity contribution is 9.10. The number of hydrogen-bond acceptors (Lipinski definition) is 3. The summed E-state index contributed by atoms with van der Waals surface area (Å²) < 4.78 is 6.46. The van der Waals surface area contributed by atoms with Gasteiger partial charge in [-0.25, -0.2) is 9.78 Å². The molecule has 0 bridgehead atoms. The first-order valence-corrected chi connectivity index (χ1v) is 7.98. The average molecular weight is 352 g/mol. The van der Waals surface area contributed by atoms with Crippen LogP contribution in [0.25, 0.3) is 11.1 Å². The van der Waals surface area contributed by atoms with E-state index in [9.17, 15) is 4.79 Å². The summed E-state index contributed by atoms with van der Waals surface area (Å²) in [6, 6.07) is 3.65. The number of amides is 2. The van der Waals surface area contributed by atoms with Crippen molar-refractivity contribution in [3.05, 3.63) is 22.5 Å². The predicted molar refractivity (Wildman–Crippen MR) is 85.4 cm³/mol. The second-order valence-electron chi connectivity index (χ2n) is 5.47. The maximum Gasteiger partial charge on any atom is 0.321 e. The first-order chi connectivity index (χ1) is 10.1. The first-order valence-electron chi connectivity index (χ1n) is 7.19. The molecule has 2 heterocycles. The zero-order valence-corrected chi connectivity index (χ0v) is 13.7. The minimum Gasteiger partial charge on any atom is -0.439 e. The molecule has 1 fully saturated rings. The van der Waals surface area contributed by atoms with Gasteiger partial charge in [-0.1, -0.05) is 29.3 Å². The number of hydrogen-bond donors (Lipinski definition) is 1. The molecule has 2 aromatic rings. The number of carbonyl (C=O) groups is 1. The van der Waals surface area contributed by atoms with E-state index in [1.54, 1.807) is 6.92 Å². The highest BCUT2D eigenvalue weighted by Gasteiger charge is 2.25. The van der Waals surface area contributed by atoms with E-state index in [1.165, 1.54) is 0 Å². The van der Waals surface area contributed by atoms with Crippen LogP contribution in [0.5, 0.6) is 0 Å². The standard InChI is InChI=1S/C15H18BrN3O2/c1-3-10-4-5-19(8-10)15(20)18-13-7-11(16)6-12-14(13)21-9(2)17-12/h6-7,10H,3-5,8H2,1-2H3,(H,18,20)/t10-/m0/s1. The number of halogens is 1. The number of aromatic nitrogens is 1. The smallest absolute Gasteiger partial charge is 0.321 e. The number of benzene rings is 1. The SMILES string of the molecule is CC[C@H]1CCN(C(=O)Nc2cc(Br)cc3nc(C)oc23)C1. The summed E-state index contributed by atoms with van der Waals surface area (Å²) >= 11 is 3.44. The molecular weight excluding hydrogens is 334 g/mol. The molecule has 1 saturated heterocycles. The van der Waals surface area contributed by atoms with Crippen molar-refractivity contribution in [2.45, 2.75) is 26.7 Å². The van der Waals surface area contributed by atoms with Crippen molar-refractivity contribution in [3.8, 4) is 0 Å². The Morgan fingerprint density at radius 3 is 3.10 bits per heavy atom. The molecule has 1 aliphatic rings. The largest absolute Gasteiger partial charge is 0.439 e. The Morgan fingerprint density at radius 2 is 2.38 bits per heavy atom. The van der Waals surface area contributed by atoms with Crippen LogP contribution in [-0.4, -0.2) is 29.0 Å². The highest BCUT2D eigenvalue weighted by Crippen LogP contribution is 2.29. The number of oxazole rings is 1. The number of fused-ring (bicyclic) bond motifs is 1. The number of urea groups is 1. The summed E-state index contributed by atoms with van der Waals surface area (Å²) in [5.74, 6) is 1.21. The molecule has 1 N–H and O–H groups in total. The molecule has 1 aromatic carbocycles. The molecule has 6 heteroatoms. The van der Waals surface area contributed by atoms with E-state index in [4.69, 9.17) is 4.42 Å². The van der Waals surface area contributed by atoms with Gasteiger partial charge < -0.3 is 14.6 Å². The van der Waals surface area contributed by atoms with Crippen LogP contribution in [0.1, 0.15) is 25.7 Å². The second kappa shape index (κ2) is 5.67. The van der Waals surface area contributed by atoms with Gasteiger partial charge in [0, 0.05) is 24.5 Å². The third-order valence-electron chi connectivity index (χ3n) is 3.95. The van der Waals surface area contributed by atoms with E-state index < -0.39 is 0 Å². The molecule has 21 heavy (non-hydrogen) atoms. The van der Waals surface area contributed by atoms with Gasteiger partial charge in [0.15, 0.2) is 11.5 Å². The van der Waals surface area contributed by atoms with Gasteiger partial charge in [-0.05, 0) is 24.5 Å². The monoisotopic (exact) mass is 351 g/mol. The fourth-order valence-corrected chi connectivity index (χ4v) is 3.19. The van der Waals surface area contributed by atoms with Crippen molar-refractivity contribution in [3.63, 3.8) is 0 Å². The Labute approximate surface area is 131 Å². The maximum absolute atomic E-state index is 12.4. The fraction of sp³-hybridized carbons (Fsp3) is 0.467. The Bertz CT molecular complexity index is 683. The van der Waals surface area contributed by atoms with Crippen LogP contribution in [0.15, 0.2) is 21.0 Å². The van der Waals surface area contributed by atoms with Crippen LogP contribution in [0.2, 0.25) is 0 Å². The molecule has 3 rings (SSSR count). The van der Waals surface area contributed by atoms with Crippen molar-refractivity contribution >= 4 is 38.7 Å². The Balaban J connectivity index is 1.83. The Hall–Kier alpha value is -1.56. The van der Waals surface area contributed by atoms with E-state index >= 15 is 0 Å². The predicted octanol–water partition coefficient (Wildman–Crippen LogP) is 4.16. The summed E-state index contributed by atoms with van der Waals surface area (Å²) in [5.41, 5.74) is 2.02. The molecule has 0 aliphatic carbocycles. The van der Waals surface area contributed by atoms with Gasteiger partial charge in [-0.3, -0.25) is 0 Å². The molecule has 0 unspecified atom stereocenters. The lowest BCUT2D eigenvalue weighted by Crippen LogP contribution is -2.33. The van der Waals surface area contributed by atoms with Crippen molar-refractivity contribution in [1.29, 1.82) is 0 Å². The van der Waals surface area contributed by atoms with Gasteiger partial charge in [0.1, 0.15) is 5.52 Å². The highest BCUT2D eigenvalue weighted by atomic mass is 79.9. The zero-order chi connectivity index (χ0) is 15.0. The molecular formula is C15H18BrN3O2. The third-order valence-corrected chi connectivity index (χ3v) is 4.41. The molecule has 1 aromatic heterocycles. The minimum absolute atomic E-state index is 0.0700. The lowest BCUT2D eigenvalue weighted by molar-refractivity contribution is 0.220. The fourth-order valence-electron chi connectivity index (χ4n) is 2.75. The van der Waals surface area contributed by atoms with Crippen LogP contribution >= 0.6 is 15.9 Å². The third kappa shape index (κ3) is 2.90. The van der Waals surface area contributed by atoms with E-state index in [2.05, 4.69) is 33.2 Å². The van der Waals surface area contributed by atoms with Gasteiger partial charge in [-0.2, -0.15) is 0 Å². The number of rotatable bonds is 2. The minimum atomic E-state index is -0.0700. The van der Waals surface area contributed by atoms with Crippen LogP contribution < -0.4 is 5.32 Å². The van der Waals surface area contributed by atoms with Crippen molar-refractivity contribution in [2.24, 2.45) is 5.92 Å². The average Bonchev–Trinajstić information content (AvgIpc) is 3.04. The number of nitrogens with zero attached hydrogens (tertiary/aromatic N) is 2. The molecule has 112 valence electrons. The topological polar surface area (TPSA) is 58.4 Å². The summed E-state index contributed by atoms with van der Waals surface area (Å²) in [6.07, 6.45) is 2.20. The van der Waals surface area contributed by atoms with Crippen molar-refractivity contribution < 1.29 is 9.21 Å². The summed E-state index contributed by atoms with van der Waals surface area (Å²) in [7, 11) is 0. The zero-order valence-electron chi connectivity index (χ0n) is 12.1. The normalized spacial score (nSPS) is 18.4. The Morgan fingerprint density at radius 1 is 1.57 bits per heavy atom. The van der Waals surface area contributed by atoms with E-state index in [0.29, 0.717) is 23.1 Å². The van der Waals surface area contributed by atoms with Crippen LogP contribution in [0.3, 0.4) is 0 Å². The van der Waals surface area contributed by atoms with E-state index in [0.717, 1.165) is 35.9 Å². The van der Waals surface area contributed by atoms with Crippen LogP contribution in [0, 0.1) is 12.8 Å². The molecule has 2 amide bonds. The van der Waals surface area contributed by atoms with Gasteiger partial charge in [0.05, 0.1) is 5.69 Å². The Kier molecular flexibility index (Phi) is 3.89. The van der Waals surface area contributed by atoms with E-state index in [1.807, 2.05) is 17.0 Å². The van der Waals surface area contributed by atoms with Gasteiger partial charge in [0.2, 0.25) is 0 Å². The first kappa shape index (κ1) is 14.4. The summed E-state index contributed by atoms with van der Waals surface area (Å²) in [5, 5.41) is 2.95. The van der Waals surface area contributed by atoms with Crippen molar-refractivity contribution in [1.82, 2.24) is 9.88 Å². The lowest BCUT2D eigenvalue weighted by Gasteiger charge is -2.17. The van der Waals surface area contributed by atoms with Crippen molar-refractivity contribution in [2.75, 3.05) is 18.4 Å². The second-order valence-corrected chi connectivity index (χ2v) is 6.39. The quantitative estimate of drug-likeness (QED) is 0.883. The van der Waals surface area contributed by atoms with E-state index in [-0.39, 0.29) is 6.03 Å². The van der Waals surface area contributed by atoms with Crippen LogP contribution in [0.4, 0.5) is 10.5 Å². The molecule has 1 atom stereocenters. The number of carbonyl (C=O) groups excluding carboxylic acids is 1. The molecule has 0 radical (unpaired) electrons. The molecule has 5 nitrogen and oxygen atoms in total. The lowest BCUT2D eigenvalue weighted by atomic mass is 10.1.